The third-order valence-electron chi connectivity index (χ3n) is 4.63. The predicted octanol–water partition coefficient (Wildman–Crippen LogP) is 1.27. The van der Waals surface area contributed by atoms with Crippen molar-refractivity contribution in [2.75, 3.05) is 14.2 Å². The summed E-state index contributed by atoms with van der Waals surface area (Å²) in [5.41, 5.74) is 2.27. The maximum Gasteiger partial charge on any atom is 0.251 e. The molecule has 1 aliphatic heterocycles. The van der Waals surface area contributed by atoms with Gasteiger partial charge in [-0.1, -0.05) is 18.2 Å². The first-order chi connectivity index (χ1) is 12.0. The van der Waals surface area contributed by atoms with Gasteiger partial charge < -0.3 is 15.0 Å². The Morgan fingerprint density at radius 1 is 1.32 bits per heavy atom. The molecular formula is C18H22N4O3. The lowest BCUT2D eigenvalue weighted by Crippen LogP contribution is -2.40. The maximum absolute atomic E-state index is 12.8. The number of ether oxygens (including phenoxy) is 1. The highest BCUT2D eigenvalue weighted by molar-refractivity contribution is 5.96. The van der Waals surface area contributed by atoms with E-state index in [2.05, 4.69) is 10.4 Å². The molecule has 7 nitrogen and oxygen atoms in total. The fraction of sp³-hybridized carbons (Fsp3) is 0.389. The Kier molecular flexibility index (Phi) is 4.85. The summed E-state index contributed by atoms with van der Waals surface area (Å²) >= 11 is 0. The number of likely N-dealkylation sites (N-methyl/N-ethyl adjacent to an activating group) is 1. The first-order valence-corrected chi connectivity index (χ1v) is 8.14. The van der Waals surface area contributed by atoms with Crippen molar-refractivity contribution in [3.05, 3.63) is 53.3 Å². The molecule has 1 aromatic heterocycles. The second kappa shape index (κ2) is 7.06. The van der Waals surface area contributed by atoms with E-state index in [0.29, 0.717) is 12.2 Å². The van der Waals surface area contributed by atoms with Gasteiger partial charge in [0.2, 0.25) is 5.91 Å². The van der Waals surface area contributed by atoms with Crippen molar-refractivity contribution in [2.45, 2.75) is 25.1 Å². The number of amides is 2. The summed E-state index contributed by atoms with van der Waals surface area (Å²) in [5.74, 6) is -0.199. The normalized spacial score (nSPS) is 20.1. The van der Waals surface area contributed by atoms with E-state index in [0.717, 1.165) is 11.3 Å². The number of rotatable bonds is 5. The number of aryl methyl sites for hydroxylation is 1. The largest absolute Gasteiger partial charge is 0.380 e. The lowest BCUT2D eigenvalue weighted by atomic mass is 10.0. The molecule has 7 heteroatoms. The molecule has 0 radical (unpaired) electrons. The van der Waals surface area contributed by atoms with Crippen LogP contribution in [0.4, 0.5) is 0 Å². The highest BCUT2D eigenvalue weighted by Gasteiger charge is 2.41. The van der Waals surface area contributed by atoms with E-state index in [1.807, 2.05) is 31.3 Å². The van der Waals surface area contributed by atoms with Gasteiger partial charge in [0.05, 0.1) is 24.4 Å². The Balaban J connectivity index is 1.85. The van der Waals surface area contributed by atoms with Gasteiger partial charge in [-0.15, -0.1) is 0 Å². The molecule has 1 aliphatic rings. The monoisotopic (exact) mass is 342 g/mol. The van der Waals surface area contributed by atoms with Gasteiger partial charge in [-0.2, -0.15) is 5.10 Å². The number of nitrogens with one attached hydrogen (secondary N) is 1. The average molecular weight is 342 g/mol. The zero-order valence-corrected chi connectivity index (χ0v) is 14.6. The van der Waals surface area contributed by atoms with Gasteiger partial charge >= 0.3 is 0 Å². The lowest BCUT2D eigenvalue weighted by Gasteiger charge is -2.26. The number of likely N-dealkylation sites (tertiary alicyclic amines) is 1. The highest BCUT2D eigenvalue weighted by atomic mass is 16.5. The van der Waals surface area contributed by atoms with Gasteiger partial charge in [0.15, 0.2) is 0 Å². The first-order valence-electron chi connectivity index (χ1n) is 8.14. The standard InChI is InChI=1S/C18H22N4O3/c1-21-16(23)10-14(17(21)15-8-9-19-22(15)2)20-18(24)13-7-5-4-6-12(13)11-25-3/h4-9,14,17H,10-11H2,1-3H3,(H,20,24)/t14-,17-/m1/s1. The van der Waals surface area contributed by atoms with Crippen LogP contribution in [0.2, 0.25) is 0 Å². The Morgan fingerprint density at radius 3 is 2.76 bits per heavy atom. The Labute approximate surface area is 146 Å². The zero-order valence-electron chi connectivity index (χ0n) is 14.6. The van der Waals surface area contributed by atoms with Crippen molar-refractivity contribution in [2.24, 2.45) is 7.05 Å². The minimum atomic E-state index is -0.309. The highest BCUT2D eigenvalue weighted by Crippen LogP contribution is 2.31. The molecule has 0 saturated carbocycles. The number of carbonyl (C=O) groups is 2. The summed E-state index contributed by atoms with van der Waals surface area (Å²) in [6.45, 7) is 0.359. The van der Waals surface area contributed by atoms with Crippen molar-refractivity contribution < 1.29 is 14.3 Å². The molecule has 132 valence electrons. The maximum atomic E-state index is 12.8. The summed E-state index contributed by atoms with van der Waals surface area (Å²) < 4.78 is 6.90. The number of carbonyl (C=O) groups excluding carboxylic acids is 2. The fourth-order valence-electron chi connectivity index (χ4n) is 3.35. The van der Waals surface area contributed by atoms with E-state index >= 15 is 0 Å². The molecule has 0 aliphatic carbocycles. The number of hydrogen-bond donors (Lipinski definition) is 1. The Bertz CT molecular complexity index is 786. The minimum Gasteiger partial charge on any atom is -0.380 e. The van der Waals surface area contributed by atoms with Crippen LogP contribution in [0.5, 0.6) is 0 Å². The predicted molar refractivity (Wildman–Crippen MR) is 91.7 cm³/mol. The molecule has 1 N–H and O–H groups in total. The molecule has 2 amide bonds. The van der Waals surface area contributed by atoms with Crippen LogP contribution < -0.4 is 5.32 Å². The first kappa shape index (κ1) is 17.2. The van der Waals surface area contributed by atoms with Gasteiger partial charge in [0.25, 0.3) is 5.91 Å². The van der Waals surface area contributed by atoms with Crippen LogP contribution in [0.3, 0.4) is 0 Å². The Morgan fingerprint density at radius 2 is 2.08 bits per heavy atom. The van der Waals surface area contributed by atoms with Gasteiger partial charge in [-0.25, -0.2) is 0 Å². The second-order valence-corrected chi connectivity index (χ2v) is 6.20. The quantitative estimate of drug-likeness (QED) is 0.888. The van der Waals surface area contributed by atoms with Crippen molar-refractivity contribution in [1.29, 1.82) is 0 Å². The van der Waals surface area contributed by atoms with Crippen molar-refractivity contribution in [3.8, 4) is 0 Å². The minimum absolute atomic E-state index is 0.00155. The third kappa shape index (κ3) is 3.28. The van der Waals surface area contributed by atoms with Crippen molar-refractivity contribution in [1.82, 2.24) is 20.0 Å². The molecule has 1 saturated heterocycles. The van der Waals surface area contributed by atoms with Gasteiger partial charge in [0, 0.05) is 39.4 Å². The number of methoxy groups -OCH3 is 1. The van der Waals surface area contributed by atoms with Gasteiger partial charge in [-0.05, 0) is 17.7 Å². The summed E-state index contributed by atoms with van der Waals surface area (Å²) in [6.07, 6.45) is 1.96. The second-order valence-electron chi connectivity index (χ2n) is 6.20. The van der Waals surface area contributed by atoms with Crippen LogP contribution in [-0.4, -0.2) is 46.7 Å². The lowest BCUT2D eigenvalue weighted by molar-refractivity contribution is -0.127. The van der Waals surface area contributed by atoms with Crippen LogP contribution in [0.1, 0.15) is 34.1 Å². The molecule has 3 rings (SSSR count). The number of benzene rings is 1. The van der Waals surface area contributed by atoms with Gasteiger partial charge in [-0.3, -0.25) is 14.3 Å². The van der Waals surface area contributed by atoms with Crippen LogP contribution in [-0.2, 0) is 23.2 Å². The van der Waals surface area contributed by atoms with Crippen molar-refractivity contribution in [3.63, 3.8) is 0 Å². The molecule has 0 bridgehead atoms. The molecule has 0 unspecified atom stereocenters. The molecule has 0 spiro atoms. The Hall–Kier alpha value is -2.67. The number of hydrogen-bond acceptors (Lipinski definition) is 4. The molecule has 25 heavy (non-hydrogen) atoms. The van der Waals surface area contributed by atoms with E-state index in [1.165, 1.54) is 0 Å². The van der Waals surface area contributed by atoms with Crippen LogP contribution in [0, 0.1) is 0 Å². The summed E-state index contributed by atoms with van der Waals surface area (Å²) in [5, 5.41) is 7.20. The smallest absolute Gasteiger partial charge is 0.251 e. The summed E-state index contributed by atoms with van der Waals surface area (Å²) in [4.78, 5) is 26.7. The number of aromatic nitrogens is 2. The molecule has 2 heterocycles. The molecule has 1 fully saturated rings. The van der Waals surface area contributed by atoms with Gasteiger partial charge in [0.1, 0.15) is 0 Å². The van der Waals surface area contributed by atoms with E-state index in [1.54, 1.807) is 36.0 Å². The average Bonchev–Trinajstić information content (AvgIpc) is 3.12. The van der Waals surface area contributed by atoms with E-state index in [9.17, 15) is 9.59 Å². The fourth-order valence-corrected chi connectivity index (χ4v) is 3.35. The summed E-state index contributed by atoms with van der Waals surface area (Å²) in [7, 11) is 5.18. The van der Waals surface area contributed by atoms with Crippen LogP contribution in [0.15, 0.2) is 36.5 Å². The molecule has 2 aromatic rings. The SMILES string of the molecule is COCc1ccccc1C(=O)N[C@@H]1CC(=O)N(C)[C@H]1c1ccnn1C. The van der Waals surface area contributed by atoms with E-state index < -0.39 is 0 Å². The van der Waals surface area contributed by atoms with Crippen LogP contribution in [0.25, 0.3) is 0 Å². The zero-order chi connectivity index (χ0) is 18.0. The molecule has 2 atom stereocenters. The van der Waals surface area contributed by atoms with Crippen LogP contribution >= 0.6 is 0 Å². The number of nitrogens with zero attached hydrogens (tertiary/aromatic N) is 3. The molecule has 1 aromatic carbocycles. The van der Waals surface area contributed by atoms with Crippen molar-refractivity contribution >= 4 is 11.8 Å². The molecular weight excluding hydrogens is 320 g/mol. The summed E-state index contributed by atoms with van der Waals surface area (Å²) in [6, 6.07) is 8.65. The van der Waals surface area contributed by atoms with E-state index in [4.69, 9.17) is 4.74 Å². The van der Waals surface area contributed by atoms with E-state index in [-0.39, 0.29) is 30.3 Å². The third-order valence-corrected chi connectivity index (χ3v) is 4.63. The topological polar surface area (TPSA) is 76.5 Å².